The van der Waals surface area contributed by atoms with Gasteiger partial charge in [-0.15, -0.1) is 0 Å². The third-order valence-corrected chi connectivity index (χ3v) is 8.35. The quantitative estimate of drug-likeness (QED) is 0.369. The molecule has 2 saturated carbocycles. The highest BCUT2D eigenvalue weighted by atomic mass is 14.6. The topological polar surface area (TPSA) is 0 Å². The summed E-state index contributed by atoms with van der Waals surface area (Å²) in [5.41, 5.74) is 0.642. The number of rotatable bonds is 10. The van der Waals surface area contributed by atoms with Crippen molar-refractivity contribution < 1.29 is 0 Å². The van der Waals surface area contributed by atoms with E-state index in [0.29, 0.717) is 5.41 Å². The summed E-state index contributed by atoms with van der Waals surface area (Å²) in [6.45, 7) is 7.20. The van der Waals surface area contributed by atoms with Gasteiger partial charge in [0.15, 0.2) is 0 Å². The van der Waals surface area contributed by atoms with Crippen molar-refractivity contribution in [1.82, 2.24) is 0 Å². The molecule has 0 saturated heterocycles. The number of allylic oxidation sites excluding steroid dienone is 4. The summed E-state index contributed by atoms with van der Waals surface area (Å²) in [6.07, 6.45) is 29.0. The summed E-state index contributed by atoms with van der Waals surface area (Å²) in [5.74, 6) is 4.59. The van der Waals surface area contributed by atoms with Gasteiger partial charge in [-0.3, -0.25) is 0 Å². The number of hydrogen-bond donors (Lipinski definition) is 0. The van der Waals surface area contributed by atoms with Gasteiger partial charge < -0.3 is 0 Å². The minimum Gasteiger partial charge on any atom is -0.0806 e. The molecule has 0 aromatic heterocycles. The maximum Gasteiger partial charge on any atom is -0.0131 e. The van der Waals surface area contributed by atoms with Crippen LogP contribution in [0.3, 0.4) is 0 Å². The van der Waals surface area contributed by atoms with Crippen molar-refractivity contribution in [2.24, 2.45) is 35.0 Å². The van der Waals surface area contributed by atoms with Gasteiger partial charge in [0.25, 0.3) is 0 Å². The normalized spacial score (nSPS) is 31.7. The van der Waals surface area contributed by atoms with Crippen LogP contribution < -0.4 is 0 Å². The molecular formula is C26H44. The summed E-state index contributed by atoms with van der Waals surface area (Å²) in [7, 11) is 0. The van der Waals surface area contributed by atoms with Gasteiger partial charge in [0, 0.05) is 0 Å². The smallest absolute Gasteiger partial charge is 0.0131 e. The van der Waals surface area contributed by atoms with Crippen LogP contribution in [-0.4, -0.2) is 0 Å². The summed E-state index contributed by atoms with van der Waals surface area (Å²) in [4.78, 5) is 0. The Morgan fingerprint density at radius 3 is 2.00 bits per heavy atom. The van der Waals surface area contributed by atoms with Gasteiger partial charge in [-0.1, -0.05) is 96.4 Å². The summed E-state index contributed by atoms with van der Waals surface area (Å²) in [5, 5.41) is 0. The third-order valence-electron chi connectivity index (χ3n) is 8.35. The molecule has 4 atom stereocenters. The van der Waals surface area contributed by atoms with E-state index in [1.165, 1.54) is 83.5 Å². The molecule has 0 nitrogen and oxygen atoms in total. The largest absolute Gasteiger partial charge is 0.0806 e. The second kappa shape index (κ2) is 9.61. The van der Waals surface area contributed by atoms with Crippen molar-refractivity contribution in [3.63, 3.8) is 0 Å². The van der Waals surface area contributed by atoms with E-state index in [4.69, 9.17) is 0 Å². The molecule has 0 aromatic carbocycles. The van der Waals surface area contributed by atoms with Crippen LogP contribution in [0.1, 0.15) is 104 Å². The van der Waals surface area contributed by atoms with Gasteiger partial charge >= 0.3 is 0 Å². The molecule has 3 aliphatic rings. The molecule has 0 radical (unpaired) electrons. The molecule has 0 heterocycles. The Morgan fingerprint density at radius 1 is 0.808 bits per heavy atom. The van der Waals surface area contributed by atoms with Crippen LogP contribution in [0.4, 0.5) is 0 Å². The van der Waals surface area contributed by atoms with Gasteiger partial charge in [0.05, 0.1) is 0 Å². The van der Waals surface area contributed by atoms with Crippen molar-refractivity contribution in [2.45, 2.75) is 104 Å². The van der Waals surface area contributed by atoms with E-state index in [-0.39, 0.29) is 0 Å². The molecular weight excluding hydrogens is 312 g/mol. The predicted octanol–water partition coefficient (Wildman–Crippen LogP) is 8.34. The maximum absolute atomic E-state index is 2.63. The molecule has 26 heavy (non-hydrogen) atoms. The molecule has 2 fully saturated rings. The lowest BCUT2D eigenvalue weighted by Crippen LogP contribution is -2.40. The lowest BCUT2D eigenvalue weighted by molar-refractivity contribution is 0.0268. The van der Waals surface area contributed by atoms with Crippen molar-refractivity contribution in [3.05, 3.63) is 24.3 Å². The average Bonchev–Trinajstić information content (AvgIpc) is 3.32. The third kappa shape index (κ3) is 4.00. The Balaban J connectivity index is 1.92. The first-order valence-corrected chi connectivity index (χ1v) is 12.1. The molecule has 148 valence electrons. The van der Waals surface area contributed by atoms with E-state index in [2.05, 4.69) is 45.1 Å². The van der Waals surface area contributed by atoms with Crippen LogP contribution in [-0.2, 0) is 0 Å². The first kappa shape index (κ1) is 20.2. The zero-order valence-electron chi connectivity index (χ0n) is 17.9. The monoisotopic (exact) mass is 356 g/mol. The zero-order chi connectivity index (χ0) is 18.4. The van der Waals surface area contributed by atoms with Crippen molar-refractivity contribution in [1.29, 1.82) is 0 Å². The first-order chi connectivity index (χ1) is 12.8. The molecule has 0 spiro atoms. The van der Waals surface area contributed by atoms with Crippen LogP contribution in [0.2, 0.25) is 0 Å². The van der Waals surface area contributed by atoms with Crippen molar-refractivity contribution in [3.8, 4) is 0 Å². The highest BCUT2D eigenvalue weighted by molar-refractivity contribution is 5.21. The predicted molar refractivity (Wildman–Crippen MR) is 115 cm³/mol. The second-order valence-corrected chi connectivity index (χ2v) is 9.74. The van der Waals surface area contributed by atoms with E-state index >= 15 is 0 Å². The number of fused-ring (bicyclic) bond motifs is 1. The van der Waals surface area contributed by atoms with E-state index in [9.17, 15) is 0 Å². The molecule has 0 aliphatic heterocycles. The van der Waals surface area contributed by atoms with Crippen molar-refractivity contribution >= 4 is 0 Å². The fourth-order valence-corrected chi connectivity index (χ4v) is 7.17. The number of hydrogen-bond acceptors (Lipinski definition) is 0. The molecule has 0 heteroatoms. The molecule has 0 aromatic rings. The second-order valence-electron chi connectivity index (χ2n) is 9.74. The Labute approximate surface area is 163 Å². The van der Waals surface area contributed by atoms with Gasteiger partial charge in [-0.05, 0) is 67.1 Å². The first-order valence-electron chi connectivity index (χ1n) is 12.1. The maximum atomic E-state index is 2.63. The van der Waals surface area contributed by atoms with Crippen LogP contribution in [0.5, 0.6) is 0 Å². The summed E-state index contributed by atoms with van der Waals surface area (Å²) >= 11 is 0. The Kier molecular flexibility index (Phi) is 7.47. The van der Waals surface area contributed by atoms with Gasteiger partial charge in [0.2, 0.25) is 0 Å². The highest BCUT2D eigenvalue weighted by Crippen LogP contribution is 2.61. The fraction of sp³-hybridized carbons (Fsp3) is 0.846. The average molecular weight is 357 g/mol. The zero-order valence-corrected chi connectivity index (χ0v) is 17.9. The van der Waals surface area contributed by atoms with Crippen LogP contribution in [0, 0.1) is 35.0 Å². The lowest BCUT2D eigenvalue weighted by Gasteiger charge is -2.47. The SMILES string of the molecule is CCCCC(CCCC)(C1CCCC1)C1CC(CCC)C2C=CC=CC21. The summed E-state index contributed by atoms with van der Waals surface area (Å²) in [6, 6.07) is 0. The highest BCUT2D eigenvalue weighted by Gasteiger charge is 2.53. The molecule has 3 aliphatic carbocycles. The fourth-order valence-electron chi connectivity index (χ4n) is 7.17. The standard InChI is InChI=1S/C26H44/c1-4-7-18-26(19-8-5-2,22-14-9-10-15-22)25-20-21(13-6-3)23-16-11-12-17-24(23)25/h11-12,16-17,21-25H,4-10,13-15,18-20H2,1-3H3. The van der Waals surface area contributed by atoms with E-state index < -0.39 is 0 Å². The number of unbranched alkanes of at least 4 members (excludes halogenated alkanes) is 2. The van der Waals surface area contributed by atoms with Crippen LogP contribution in [0.25, 0.3) is 0 Å². The van der Waals surface area contributed by atoms with Gasteiger partial charge in [-0.25, -0.2) is 0 Å². The lowest BCUT2D eigenvalue weighted by atomic mass is 9.57. The minimum absolute atomic E-state index is 0.642. The minimum atomic E-state index is 0.642. The molecule has 0 bridgehead atoms. The van der Waals surface area contributed by atoms with Crippen LogP contribution >= 0.6 is 0 Å². The molecule has 3 rings (SSSR count). The van der Waals surface area contributed by atoms with E-state index in [0.717, 1.165) is 29.6 Å². The Morgan fingerprint density at radius 2 is 1.42 bits per heavy atom. The van der Waals surface area contributed by atoms with E-state index in [1.54, 1.807) is 0 Å². The summed E-state index contributed by atoms with van der Waals surface area (Å²) < 4.78 is 0. The van der Waals surface area contributed by atoms with Crippen LogP contribution in [0.15, 0.2) is 24.3 Å². The van der Waals surface area contributed by atoms with Gasteiger partial charge in [0.1, 0.15) is 0 Å². The van der Waals surface area contributed by atoms with E-state index in [1.807, 2.05) is 0 Å². The molecule has 4 unspecified atom stereocenters. The molecule has 0 amide bonds. The molecule has 0 N–H and O–H groups in total. The van der Waals surface area contributed by atoms with Crippen molar-refractivity contribution in [2.75, 3.05) is 0 Å². The Bertz CT molecular complexity index is 456. The Hall–Kier alpha value is -0.520. The van der Waals surface area contributed by atoms with Gasteiger partial charge in [-0.2, -0.15) is 0 Å².